The highest BCUT2D eigenvalue weighted by atomic mass is 16.5. The number of hydrogen-bond donors (Lipinski definition) is 0. The number of benzene rings is 2. The molecule has 0 bridgehead atoms. The van der Waals surface area contributed by atoms with Gasteiger partial charge in [-0.05, 0) is 87.7 Å². The number of carbonyl (C=O) groups is 2. The standard InChI is InChI=1S/C31H42N2O3/c1-24(34)36-29-15-10-14-26(21-29)31-19-20-32(2)23-27(31)17-18-28(22-31)33(3)30(35)16-9-5-8-13-25-11-6-4-7-12-25/h4,6-7,10-12,14-15,21,27-28H,5,8-9,13,16-20,22-23H2,1-3H3/t27-,28-,31+/m1/s1. The number of unbranched alkanes of at least 4 members (excludes halogenated alkanes) is 2. The number of aryl methyl sites for hydroxylation is 1. The van der Waals surface area contributed by atoms with E-state index in [4.69, 9.17) is 4.74 Å². The summed E-state index contributed by atoms with van der Waals surface area (Å²) in [6.07, 6.45) is 9.08. The topological polar surface area (TPSA) is 49.9 Å². The molecule has 0 aromatic heterocycles. The van der Waals surface area contributed by atoms with Crippen molar-refractivity contribution in [2.24, 2.45) is 5.92 Å². The maximum atomic E-state index is 13.2. The summed E-state index contributed by atoms with van der Waals surface area (Å²) in [5.74, 6) is 1.14. The third kappa shape index (κ3) is 6.36. The van der Waals surface area contributed by atoms with Gasteiger partial charge in [-0.2, -0.15) is 0 Å². The first-order chi connectivity index (χ1) is 17.4. The number of nitrogens with zero attached hydrogens (tertiary/aromatic N) is 2. The van der Waals surface area contributed by atoms with Gasteiger partial charge in [-0.3, -0.25) is 9.59 Å². The highest BCUT2D eigenvalue weighted by Gasteiger charge is 2.48. The van der Waals surface area contributed by atoms with Gasteiger partial charge in [0.1, 0.15) is 5.75 Å². The van der Waals surface area contributed by atoms with Crippen LogP contribution >= 0.6 is 0 Å². The van der Waals surface area contributed by atoms with E-state index in [9.17, 15) is 9.59 Å². The van der Waals surface area contributed by atoms with Crippen LogP contribution in [-0.2, 0) is 21.4 Å². The van der Waals surface area contributed by atoms with E-state index in [2.05, 4.69) is 54.4 Å². The fraction of sp³-hybridized carbons (Fsp3) is 0.548. The van der Waals surface area contributed by atoms with E-state index < -0.39 is 0 Å². The largest absolute Gasteiger partial charge is 0.427 e. The van der Waals surface area contributed by atoms with Gasteiger partial charge >= 0.3 is 5.97 Å². The number of esters is 1. The molecule has 194 valence electrons. The molecular weight excluding hydrogens is 448 g/mol. The molecule has 2 aromatic rings. The summed E-state index contributed by atoms with van der Waals surface area (Å²) in [5, 5.41) is 0. The second-order valence-electron chi connectivity index (χ2n) is 11.0. The minimum absolute atomic E-state index is 0.00973. The molecule has 5 heteroatoms. The smallest absolute Gasteiger partial charge is 0.308 e. The molecule has 2 aromatic carbocycles. The van der Waals surface area contributed by atoms with Crippen LogP contribution in [0.2, 0.25) is 0 Å². The second kappa shape index (κ2) is 12.1. The van der Waals surface area contributed by atoms with Crippen LogP contribution < -0.4 is 4.74 Å². The third-order valence-electron chi connectivity index (χ3n) is 8.51. The highest BCUT2D eigenvalue weighted by Crippen LogP contribution is 2.50. The highest BCUT2D eigenvalue weighted by molar-refractivity contribution is 5.76. The zero-order valence-corrected chi connectivity index (χ0v) is 22.2. The molecule has 0 N–H and O–H groups in total. The monoisotopic (exact) mass is 490 g/mol. The summed E-state index contributed by atoms with van der Waals surface area (Å²) in [7, 11) is 4.22. The van der Waals surface area contributed by atoms with Crippen LogP contribution in [0.1, 0.15) is 69.4 Å². The Morgan fingerprint density at radius 3 is 2.64 bits per heavy atom. The van der Waals surface area contributed by atoms with E-state index in [1.807, 2.05) is 24.1 Å². The van der Waals surface area contributed by atoms with Crippen LogP contribution in [0.3, 0.4) is 0 Å². The lowest BCUT2D eigenvalue weighted by Gasteiger charge is -2.53. The summed E-state index contributed by atoms with van der Waals surface area (Å²) >= 11 is 0. The molecule has 1 saturated heterocycles. The molecule has 0 radical (unpaired) electrons. The first-order valence-corrected chi connectivity index (χ1v) is 13.6. The van der Waals surface area contributed by atoms with Crippen molar-refractivity contribution in [2.75, 3.05) is 27.2 Å². The Morgan fingerprint density at radius 2 is 1.86 bits per heavy atom. The number of likely N-dealkylation sites (tertiary alicyclic amines) is 1. The van der Waals surface area contributed by atoms with Gasteiger partial charge in [0, 0.05) is 38.4 Å². The molecule has 0 unspecified atom stereocenters. The molecule has 0 spiro atoms. The van der Waals surface area contributed by atoms with Crippen LogP contribution in [0.25, 0.3) is 0 Å². The Labute approximate surface area is 216 Å². The van der Waals surface area contributed by atoms with E-state index in [0.29, 0.717) is 18.1 Å². The predicted molar refractivity (Wildman–Crippen MR) is 144 cm³/mol. The Balaban J connectivity index is 1.39. The van der Waals surface area contributed by atoms with Crippen molar-refractivity contribution < 1.29 is 14.3 Å². The van der Waals surface area contributed by atoms with Crippen molar-refractivity contribution in [1.82, 2.24) is 9.80 Å². The Kier molecular flexibility index (Phi) is 8.84. The summed E-state index contributed by atoms with van der Waals surface area (Å²) in [6.45, 7) is 3.56. The maximum absolute atomic E-state index is 13.2. The molecule has 36 heavy (non-hydrogen) atoms. The van der Waals surface area contributed by atoms with E-state index in [0.717, 1.165) is 64.5 Å². The molecule has 2 aliphatic rings. The molecule has 1 heterocycles. The second-order valence-corrected chi connectivity index (χ2v) is 11.0. The normalized spacial score (nSPS) is 24.1. The van der Waals surface area contributed by atoms with Gasteiger partial charge in [0.2, 0.25) is 5.91 Å². The number of ether oxygens (including phenoxy) is 1. The van der Waals surface area contributed by atoms with Crippen LogP contribution in [0, 0.1) is 5.92 Å². The first kappa shape index (κ1) is 26.4. The molecule has 3 atom stereocenters. The van der Waals surface area contributed by atoms with Crippen LogP contribution in [0.5, 0.6) is 5.75 Å². The molecule has 1 aliphatic carbocycles. The zero-order valence-electron chi connectivity index (χ0n) is 22.2. The predicted octanol–water partition coefficient (Wildman–Crippen LogP) is 5.62. The van der Waals surface area contributed by atoms with Crippen LogP contribution in [0.4, 0.5) is 0 Å². The van der Waals surface area contributed by atoms with E-state index in [1.165, 1.54) is 18.1 Å². The molecule has 1 saturated carbocycles. The number of carbonyl (C=O) groups excluding carboxylic acids is 2. The van der Waals surface area contributed by atoms with Crippen molar-refractivity contribution in [3.63, 3.8) is 0 Å². The molecule has 2 fully saturated rings. The summed E-state index contributed by atoms with van der Waals surface area (Å²) in [4.78, 5) is 29.2. The van der Waals surface area contributed by atoms with Crippen molar-refractivity contribution in [2.45, 2.75) is 76.2 Å². The number of piperidine rings is 1. The number of fused-ring (bicyclic) bond motifs is 1. The quantitative estimate of drug-likeness (QED) is 0.260. The van der Waals surface area contributed by atoms with E-state index in [-0.39, 0.29) is 23.3 Å². The lowest BCUT2D eigenvalue weighted by atomic mass is 9.58. The number of hydrogen-bond acceptors (Lipinski definition) is 4. The Bertz CT molecular complexity index is 1020. The van der Waals surface area contributed by atoms with Gasteiger partial charge in [-0.25, -0.2) is 0 Å². The molecule has 4 rings (SSSR count). The van der Waals surface area contributed by atoms with Crippen molar-refractivity contribution in [3.05, 3.63) is 65.7 Å². The Hall–Kier alpha value is -2.66. The average Bonchev–Trinajstić information content (AvgIpc) is 2.88. The molecular formula is C31H42N2O3. The minimum atomic E-state index is -0.291. The van der Waals surface area contributed by atoms with Gasteiger partial charge < -0.3 is 14.5 Å². The van der Waals surface area contributed by atoms with Gasteiger partial charge in [-0.15, -0.1) is 0 Å². The van der Waals surface area contributed by atoms with Crippen molar-refractivity contribution >= 4 is 11.9 Å². The SMILES string of the molecule is CC(=O)Oc1cccc([C@@]23CCN(C)C[C@H]2CC[C@@H](N(C)C(=O)CCCCCc2ccccc2)C3)c1. The fourth-order valence-electron chi connectivity index (χ4n) is 6.46. The first-order valence-electron chi connectivity index (χ1n) is 13.6. The molecule has 1 aliphatic heterocycles. The average molecular weight is 491 g/mol. The van der Waals surface area contributed by atoms with Gasteiger partial charge in [-0.1, -0.05) is 48.9 Å². The number of rotatable bonds is 9. The number of amides is 1. The summed E-state index contributed by atoms with van der Waals surface area (Å²) < 4.78 is 5.43. The summed E-state index contributed by atoms with van der Waals surface area (Å²) in [6, 6.07) is 19.0. The van der Waals surface area contributed by atoms with Crippen LogP contribution in [-0.4, -0.2) is 54.9 Å². The lowest BCUT2D eigenvalue weighted by molar-refractivity contribution is -0.134. The molecule has 1 amide bonds. The lowest BCUT2D eigenvalue weighted by Crippen LogP contribution is -2.55. The van der Waals surface area contributed by atoms with E-state index in [1.54, 1.807) is 0 Å². The van der Waals surface area contributed by atoms with Crippen molar-refractivity contribution in [3.8, 4) is 5.75 Å². The summed E-state index contributed by atoms with van der Waals surface area (Å²) in [5.41, 5.74) is 2.64. The maximum Gasteiger partial charge on any atom is 0.308 e. The van der Waals surface area contributed by atoms with E-state index >= 15 is 0 Å². The third-order valence-corrected chi connectivity index (χ3v) is 8.51. The fourth-order valence-corrected chi connectivity index (χ4v) is 6.46. The van der Waals surface area contributed by atoms with Gasteiger partial charge in [0.05, 0.1) is 0 Å². The Morgan fingerprint density at radius 1 is 1.06 bits per heavy atom. The van der Waals surface area contributed by atoms with Crippen molar-refractivity contribution in [1.29, 1.82) is 0 Å². The van der Waals surface area contributed by atoms with Gasteiger partial charge in [0.25, 0.3) is 0 Å². The van der Waals surface area contributed by atoms with Gasteiger partial charge in [0.15, 0.2) is 0 Å². The van der Waals surface area contributed by atoms with Crippen LogP contribution in [0.15, 0.2) is 54.6 Å². The zero-order chi connectivity index (χ0) is 25.5. The molecule has 5 nitrogen and oxygen atoms in total. The minimum Gasteiger partial charge on any atom is -0.427 e.